The summed E-state index contributed by atoms with van der Waals surface area (Å²) in [5.41, 5.74) is 0.936. The van der Waals surface area contributed by atoms with Crippen molar-refractivity contribution in [1.82, 2.24) is 4.90 Å². The van der Waals surface area contributed by atoms with Gasteiger partial charge in [-0.15, -0.1) is 11.3 Å². The third kappa shape index (κ3) is 2.27. The Morgan fingerprint density at radius 1 is 1.60 bits per heavy atom. The molecule has 2 heterocycles. The predicted octanol–water partition coefficient (Wildman–Crippen LogP) is 1.51. The highest BCUT2D eigenvalue weighted by Gasteiger charge is 2.19. The van der Waals surface area contributed by atoms with E-state index in [-0.39, 0.29) is 12.5 Å². The van der Waals surface area contributed by atoms with Crippen LogP contribution in [0.4, 0.5) is 0 Å². The van der Waals surface area contributed by atoms with Crippen molar-refractivity contribution in [3.05, 3.63) is 34.0 Å². The Morgan fingerprint density at radius 3 is 3.13 bits per heavy atom. The second-order valence-electron chi connectivity index (χ2n) is 3.51. The summed E-state index contributed by atoms with van der Waals surface area (Å²) in [4.78, 5) is 14.5. The van der Waals surface area contributed by atoms with Gasteiger partial charge in [0, 0.05) is 13.1 Å². The molecule has 0 fully saturated rings. The number of thiophene rings is 1. The van der Waals surface area contributed by atoms with Crippen molar-refractivity contribution >= 4 is 17.2 Å². The van der Waals surface area contributed by atoms with Gasteiger partial charge in [-0.3, -0.25) is 4.79 Å². The smallest absolute Gasteiger partial charge is 0.264 e. The fourth-order valence-electron chi connectivity index (χ4n) is 1.66. The maximum Gasteiger partial charge on any atom is 0.264 e. The SMILES string of the molecule is O=C(c1cccs1)N1CCC=C(CO)C1. The maximum atomic E-state index is 11.9. The summed E-state index contributed by atoms with van der Waals surface area (Å²) >= 11 is 1.46. The Hall–Kier alpha value is -1.13. The van der Waals surface area contributed by atoms with Crippen LogP contribution in [0.25, 0.3) is 0 Å². The topological polar surface area (TPSA) is 40.5 Å². The van der Waals surface area contributed by atoms with E-state index in [2.05, 4.69) is 0 Å². The lowest BCUT2D eigenvalue weighted by atomic mass is 10.1. The molecule has 1 aliphatic rings. The molecule has 0 saturated carbocycles. The number of nitrogens with zero attached hydrogens (tertiary/aromatic N) is 1. The van der Waals surface area contributed by atoms with Crippen molar-refractivity contribution < 1.29 is 9.90 Å². The Morgan fingerprint density at radius 2 is 2.47 bits per heavy atom. The molecule has 4 heteroatoms. The van der Waals surface area contributed by atoms with Crippen LogP contribution in [-0.2, 0) is 0 Å². The van der Waals surface area contributed by atoms with Crippen molar-refractivity contribution in [2.75, 3.05) is 19.7 Å². The molecule has 0 aromatic carbocycles. The van der Waals surface area contributed by atoms with Crippen LogP contribution in [0.3, 0.4) is 0 Å². The summed E-state index contributed by atoms with van der Waals surface area (Å²) in [6.45, 7) is 1.36. The molecular weight excluding hydrogens is 210 g/mol. The number of rotatable bonds is 2. The van der Waals surface area contributed by atoms with E-state index < -0.39 is 0 Å². The Balaban J connectivity index is 2.07. The zero-order valence-corrected chi connectivity index (χ0v) is 9.17. The van der Waals surface area contributed by atoms with Crippen LogP contribution in [0.1, 0.15) is 16.1 Å². The lowest BCUT2D eigenvalue weighted by Gasteiger charge is -2.26. The molecule has 0 aliphatic carbocycles. The van der Waals surface area contributed by atoms with Crippen LogP contribution in [-0.4, -0.2) is 35.6 Å². The highest BCUT2D eigenvalue weighted by atomic mass is 32.1. The predicted molar refractivity (Wildman–Crippen MR) is 60.0 cm³/mol. The van der Waals surface area contributed by atoms with Crippen molar-refractivity contribution in [2.24, 2.45) is 0 Å². The van der Waals surface area contributed by atoms with E-state index in [1.807, 2.05) is 23.6 Å². The molecule has 3 nitrogen and oxygen atoms in total. The first-order valence-electron chi connectivity index (χ1n) is 4.93. The Kier molecular flexibility index (Phi) is 3.18. The zero-order chi connectivity index (χ0) is 10.7. The van der Waals surface area contributed by atoms with E-state index >= 15 is 0 Å². The first-order valence-corrected chi connectivity index (χ1v) is 5.81. The largest absolute Gasteiger partial charge is 0.392 e. The number of hydrogen-bond donors (Lipinski definition) is 1. The van der Waals surface area contributed by atoms with Gasteiger partial charge in [0.15, 0.2) is 0 Å². The molecule has 1 aromatic heterocycles. The quantitative estimate of drug-likeness (QED) is 0.772. The van der Waals surface area contributed by atoms with Crippen molar-refractivity contribution in [2.45, 2.75) is 6.42 Å². The highest BCUT2D eigenvalue weighted by molar-refractivity contribution is 7.12. The zero-order valence-electron chi connectivity index (χ0n) is 8.35. The molecular formula is C11H13NO2S. The van der Waals surface area contributed by atoms with Crippen LogP contribution in [0.2, 0.25) is 0 Å². The summed E-state index contributed by atoms with van der Waals surface area (Å²) in [6, 6.07) is 3.72. The first kappa shape index (κ1) is 10.4. The lowest BCUT2D eigenvalue weighted by Crippen LogP contribution is -2.36. The van der Waals surface area contributed by atoms with E-state index in [1.165, 1.54) is 11.3 Å². The second kappa shape index (κ2) is 4.59. The average molecular weight is 223 g/mol. The van der Waals surface area contributed by atoms with E-state index in [0.29, 0.717) is 6.54 Å². The molecule has 0 radical (unpaired) electrons. The fraction of sp³-hybridized carbons (Fsp3) is 0.364. The van der Waals surface area contributed by atoms with E-state index in [1.54, 1.807) is 4.90 Å². The molecule has 1 N–H and O–H groups in total. The maximum absolute atomic E-state index is 11.9. The molecule has 0 spiro atoms. The fourth-order valence-corrected chi connectivity index (χ4v) is 2.35. The normalized spacial score (nSPS) is 16.3. The van der Waals surface area contributed by atoms with E-state index in [0.717, 1.165) is 23.4 Å². The summed E-state index contributed by atoms with van der Waals surface area (Å²) in [5, 5.41) is 10.9. The summed E-state index contributed by atoms with van der Waals surface area (Å²) in [5.74, 6) is 0.0732. The van der Waals surface area contributed by atoms with Gasteiger partial charge in [-0.1, -0.05) is 12.1 Å². The van der Waals surface area contributed by atoms with Crippen molar-refractivity contribution in [3.63, 3.8) is 0 Å². The molecule has 0 bridgehead atoms. The monoisotopic (exact) mass is 223 g/mol. The molecule has 1 aliphatic heterocycles. The third-order valence-corrected chi connectivity index (χ3v) is 3.31. The van der Waals surface area contributed by atoms with E-state index in [4.69, 9.17) is 5.11 Å². The number of carbonyl (C=O) groups is 1. The third-order valence-electron chi connectivity index (χ3n) is 2.45. The van der Waals surface area contributed by atoms with Crippen molar-refractivity contribution in [1.29, 1.82) is 0 Å². The van der Waals surface area contributed by atoms with Crippen LogP contribution in [0, 0.1) is 0 Å². The minimum Gasteiger partial charge on any atom is -0.392 e. The molecule has 0 atom stereocenters. The molecule has 1 aromatic rings. The van der Waals surface area contributed by atoms with Gasteiger partial charge < -0.3 is 10.0 Å². The number of aliphatic hydroxyl groups is 1. The summed E-state index contributed by atoms with van der Waals surface area (Å²) in [7, 11) is 0. The lowest BCUT2D eigenvalue weighted by molar-refractivity contribution is 0.0766. The average Bonchev–Trinajstić information content (AvgIpc) is 2.81. The van der Waals surface area contributed by atoms with Gasteiger partial charge in [0.1, 0.15) is 0 Å². The number of aliphatic hydroxyl groups excluding tert-OH is 1. The van der Waals surface area contributed by atoms with Gasteiger partial charge in [0.25, 0.3) is 5.91 Å². The Bertz CT molecular complexity index is 370. The number of hydrogen-bond acceptors (Lipinski definition) is 3. The standard InChI is InChI=1S/C11H13NO2S/c13-8-9-3-1-5-12(7-9)11(14)10-4-2-6-15-10/h2-4,6,13H,1,5,7-8H2. The number of amides is 1. The van der Waals surface area contributed by atoms with Gasteiger partial charge in [-0.2, -0.15) is 0 Å². The van der Waals surface area contributed by atoms with Crippen LogP contribution in [0.15, 0.2) is 29.2 Å². The molecule has 80 valence electrons. The second-order valence-corrected chi connectivity index (χ2v) is 4.46. The van der Waals surface area contributed by atoms with Crippen LogP contribution in [0.5, 0.6) is 0 Å². The van der Waals surface area contributed by atoms with Gasteiger partial charge >= 0.3 is 0 Å². The van der Waals surface area contributed by atoms with E-state index in [9.17, 15) is 4.79 Å². The molecule has 1 amide bonds. The minimum absolute atomic E-state index is 0.0498. The summed E-state index contributed by atoms with van der Waals surface area (Å²) < 4.78 is 0. The Labute approximate surface area is 92.6 Å². The molecule has 2 rings (SSSR count). The van der Waals surface area contributed by atoms with Crippen molar-refractivity contribution in [3.8, 4) is 0 Å². The summed E-state index contributed by atoms with van der Waals surface area (Å²) in [6.07, 6.45) is 2.85. The van der Waals surface area contributed by atoms with Crippen LogP contribution < -0.4 is 0 Å². The van der Waals surface area contributed by atoms with Crippen LogP contribution >= 0.6 is 11.3 Å². The molecule has 0 unspecified atom stereocenters. The first-order chi connectivity index (χ1) is 7.31. The molecule has 0 saturated heterocycles. The highest BCUT2D eigenvalue weighted by Crippen LogP contribution is 2.16. The van der Waals surface area contributed by atoms with Gasteiger partial charge in [0.2, 0.25) is 0 Å². The number of carbonyl (C=O) groups excluding carboxylic acids is 1. The van der Waals surface area contributed by atoms with Gasteiger partial charge in [-0.25, -0.2) is 0 Å². The van der Waals surface area contributed by atoms with Gasteiger partial charge in [-0.05, 0) is 23.4 Å². The van der Waals surface area contributed by atoms with Gasteiger partial charge in [0.05, 0.1) is 11.5 Å². The minimum atomic E-state index is 0.0498. The molecule has 15 heavy (non-hydrogen) atoms.